The van der Waals surface area contributed by atoms with Crippen molar-refractivity contribution in [3.05, 3.63) is 97.5 Å². The van der Waals surface area contributed by atoms with Crippen molar-refractivity contribution in [3.8, 4) is 11.5 Å². The summed E-state index contributed by atoms with van der Waals surface area (Å²) in [5.41, 5.74) is -0.193. The van der Waals surface area contributed by atoms with Crippen molar-refractivity contribution in [2.45, 2.75) is 12.5 Å². The first-order valence-electron chi connectivity index (χ1n) is 12.0. The summed E-state index contributed by atoms with van der Waals surface area (Å²) in [6.07, 6.45) is 0.462. The van der Waals surface area contributed by atoms with Crippen molar-refractivity contribution in [3.63, 3.8) is 0 Å². The van der Waals surface area contributed by atoms with Gasteiger partial charge in [-0.1, -0.05) is 23.2 Å². The molecule has 4 rings (SSSR count). The number of non-ortho nitro benzene ring substituents is 1. The Morgan fingerprint density at radius 2 is 1.43 bits per heavy atom. The number of rotatable bonds is 11. The molecule has 0 spiro atoms. The minimum atomic E-state index is -3.61. The van der Waals surface area contributed by atoms with Gasteiger partial charge in [0.05, 0.1) is 31.8 Å². The molecule has 12 nitrogen and oxygen atoms in total. The summed E-state index contributed by atoms with van der Waals surface area (Å²) >= 11 is 11.9. The number of nitro benzene ring substituents is 1. The molecular formula is C27H20Cl2N2O10S. The number of Topliss-reactive ketones (excluding diaryl/α,β-unsaturated/α-hetero) is 1. The summed E-state index contributed by atoms with van der Waals surface area (Å²) in [4.78, 5) is 62.7. The van der Waals surface area contributed by atoms with Crippen LogP contribution in [0.25, 0.3) is 0 Å². The maximum absolute atomic E-state index is 13.1. The van der Waals surface area contributed by atoms with Crippen LogP contribution in [-0.4, -0.2) is 66.5 Å². The third-order valence-electron chi connectivity index (χ3n) is 6.11. The molecule has 0 saturated heterocycles. The van der Waals surface area contributed by atoms with E-state index < -0.39 is 63.1 Å². The number of nitro groups is 1. The molecule has 218 valence electrons. The monoisotopic (exact) mass is 634 g/mol. The maximum atomic E-state index is 13.1. The number of amides is 2. The van der Waals surface area contributed by atoms with Crippen LogP contribution in [0.2, 0.25) is 10.0 Å². The lowest BCUT2D eigenvalue weighted by atomic mass is 10.1. The Balaban J connectivity index is 1.44. The average Bonchev–Trinajstić information content (AvgIpc) is 3.16. The molecule has 0 unspecified atom stereocenters. The third-order valence-corrected chi connectivity index (χ3v) is 7.81. The fraction of sp³-hybridized carbons (Fsp3) is 0.185. The third kappa shape index (κ3) is 6.93. The van der Waals surface area contributed by atoms with E-state index in [1.54, 1.807) is 0 Å². The summed E-state index contributed by atoms with van der Waals surface area (Å²) < 4.78 is 34.4. The van der Waals surface area contributed by atoms with Crippen LogP contribution in [0.4, 0.5) is 5.69 Å². The standard InChI is InChI=1S/C27H20Cl2N2O10S/c1-42(38,39)11-10-23(30-25(33)19-12-21(28)22(29)13-20(19)26(30)34)27(35)40-14-24(32)15-2-6-17(7-3-15)41-18-8-4-16(5-9-18)31(36)37/h2-9,12-13,23H,10-11,14H2,1H3/t23-/m0/s1. The predicted molar refractivity (Wildman–Crippen MR) is 150 cm³/mol. The second-order valence-corrected chi connectivity index (χ2v) is 12.2. The van der Waals surface area contributed by atoms with Gasteiger partial charge in [-0.3, -0.25) is 29.4 Å². The van der Waals surface area contributed by atoms with Crippen molar-refractivity contribution in [2.24, 2.45) is 0 Å². The van der Waals surface area contributed by atoms with Gasteiger partial charge in [-0.2, -0.15) is 0 Å². The first-order chi connectivity index (χ1) is 19.7. The topological polar surface area (TPSA) is 167 Å². The SMILES string of the molecule is CS(=O)(=O)CC[C@@H](C(=O)OCC(=O)c1ccc(Oc2ccc([N+](=O)[O-])cc2)cc1)N1C(=O)c2cc(Cl)c(Cl)cc2C1=O. The van der Waals surface area contributed by atoms with E-state index in [2.05, 4.69) is 0 Å². The Kier molecular flexibility index (Phi) is 8.95. The molecule has 0 fully saturated rings. The van der Waals surface area contributed by atoms with E-state index in [9.17, 15) is 37.7 Å². The summed E-state index contributed by atoms with van der Waals surface area (Å²) in [5, 5.41) is 10.8. The van der Waals surface area contributed by atoms with Crippen LogP contribution in [-0.2, 0) is 19.4 Å². The van der Waals surface area contributed by atoms with Gasteiger partial charge in [0.25, 0.3) is 17.5 Å². The van der Waals surface area contributed by atoms with Crippen LogP contribution in [0.5, 0.6) is 11.5 Å². The second-order valence-electron chi connectivity index (χ2n) is 9.13. The van der Waals surface area contributed by atoms with Gasteiger partial charge >= 0.3 is 5.97 Å². The molecule has 0 N–H and O–H groups in total. The van der Waals surface area contributed by atoms with Gasteiger partial charge in [-0.15, -0.1) is 0 Å². The normalized spacial score (nSPS) is 13.5. The van der Waals surface area contributed by atoms with Gasteiger partial charge in [0.1, 0.15) is 27.4 Å². The second kappa shape index (κ2) is 12.3. The number of hydrogen-bond donors (Lipinski definition) is 0. The van der Waals surface area contributed by atoms with Crippen molar-refractivity contribution in [1.82, 2.24) is 4.90 Å². The van der Waals surface area contributed by atoms with Crippen LogP contribution in [0, 0.1) is 10.1 Å². The number of hydrogen-bond acceptors (Lipinski definition) is 10. The number of imide groups is 1. The molecule has 1 heterocycles. The molecular weight excluding hydrogens is 615 g/mol. The molecule has 3 aromatic carbocycles. The molecule has 0 saturated carbocycles. The highest BCUT2D eigenvalue weighted by Crippen LogP contribution is 2.33. The number of carbonyl (C=O) groups excluding carboxylic acids is 4. The highest BCUT2D eigenvalue weighted by molar-refractivity contribution is 7.90. The quantitative estimate of drug-likeness (QED) is 0.0961. The fourth-order valence-corrected chi connectivity index (χ4v) is 4.99. The van der Waals surface area contributed by atoms with E-state index in [0.29, 0.717) is 16.4 Å². The van der Waals surface area contributed by atoms with E-state index in [1.807, 2.05) is 0 Å². The Morgan fingerprint density at radius 3 is 1.90 bits per heavy atom. The summed E-state index contributed by atoms with van der Waals surface area (Å²) in [6, 6.07) is 11.8. The largest absolute Gasteiger partial charge is 0.457 e. The summed E-state index contributed by atoms with van der Waals surface area (Å²) in [6.45, 7) is -0.766. The number of carbonyl (C=O) groups is 4. The molecule has 2 amide bonds. The first-order valence-corrected chi connectivity index (χ1v) is 14.8. The predicted octanol–water partition coefficient (Wildman–Crippen LogP) is 4.52. The molecule has 42 heavy (non-hydrogen) atoms. The smallest absolute Gasteiger partial charge is 0.329 e. The zero-order valence-corrected chi connectivity index (χ0v) is 23.9. The van der Waals surface area contributed by atoms with E-state index in [-0.39, 0.29) is 32.4 Å². The zero-order valence-electron chi connectivity index (χ0n) is 21.6. The van der Waals surface area contributed by atoms with Gasteiger partial charge in [-0.25, -0.2) is 13.2 Å². The number of fused-ring (bicyclic) bond motifs is 1. The highest BCUT2D eigenvalue weighted by atomic mass is 35.5. The van der Waals surface area contributed by atoms with Gasteiger partial charge in [0.2, 0.25) is 0 Å². The molecule has 3 aromatic rings. The molecule has 1 atom stereocenters. The number of sulfone groups is 1. The Bertz CT molecular complexity index is 1670. The van der Waals surface area contributed by atoms with Gasteiger partial charge in [0, 0.05) is 24.0 Å². The Hall–Kier alpha value is -4.33. The van der Waals surface area contributed by atoms with Crippen LogP contribution in [0.3, 0.4) is 0 Å². The number of nitrogens with zero attached hydrogens (tertiary/aromatic N) is 2. The highest BCUT2D eigenvalue weighted by Gasteiger charge is 2.44. The number of halogens is 2. The lowest BCUT2D eigenvalue weighted by Gasteiger charge is -2.24. The first kappa shape index (κ1) is 30.6. The lowest BCUT2D eigenvalue weighted by Crippen LogP contribution is -2.46. The van der Waals surface area contributed by atoms with Crippen LogP contribution in [0.15, 0.2) is 60.7 Å². The molecule has 0 aliphatic carbocycles. The van der Waals surface area contributed by atoms with Crippen molar-refractivity contribution in [2.75, 3.05) is 18.6 Å². The average molecular weight is 635 g/mol. The van der Waals surface area contributed by atoms with Gasteiger partial charge in [0.15, 0.2) is 12.4 Å². The zero-order chi connectivity index (χ0) is 30.8. The number of benzene rings is 3. The van der Waals surface area contributed by atoms with E-state index in [1.165, 1.54) is 60.7 Å². The molecule has 15 heteroatoms. The molecule has 0 aromatic heterocycles. The number of esters is 1. The molecule has 0 bridgehead atoms. The van der Waals surface area contributed by atoms with Crippen molar-refractivity contribution >= 4 is 62.3 Å². The minimum absolute atomic E-state index is 0.00318. The fourth-order valence-electron chi connectivity index (χ4n) is 4.01. The summed E-state index contributed by atoms with van der Waals surface area (Å²) in [7, 11) is -3.61. The minimum Gasteiger partial charge on any atom is -0.457 e. The Labute approximate surface area is 248 Å². The van der Waals surface area contributed by atoms with Crippen molar-refractivity contribution in [1.29, 1.82) is 0 Å². The summed E-state index contributed by atoms with van der Waals surface area (Å²) in [5.74, 6) is -3.47. The van der Waals surface area contributed by atoms with Crippen LogP contribution in [0.1, 0.15) is 37.5 Å². The van der Waals surface area contributed by atoms with Crippen molar-refractivity contribution < 1.29 is 42.0 Å². The molecule has 1 aliphatic heterocycles. The van der Waals surface area contributed by atoms with Gasteiger partial charge < -0.3 is 9.47 Å². The van der Waals surface area contributed by atoms with Crippen LogP contribution >= 0.6 is 23.2 Å². The van der Waals surface area contributed by atoms with E-state index in [0.717, 1.165) is 6.26 Å². The van der Waals surface area contributed by atoms with Crippen LogP contribution < -0.4 is 4.74 Å². The number of ketones is 1. The van der Waals surface area contributed by atoms with E-state index >= 15 is 0 Å². The molecule has 1 aliphatic rings. The number of ether oxygens (including phenoxy) is 2. The van der Waals surface area contributed by atoms with Gasteiger partial charge in [-0.05, 0) is 55.0 Å². The molecule has 0 radical (unpaired) electrons. The van der Waals surface area contributed by atoms with E-state index in [4.69, 9.17) is 32.7 Å². The Morgan fingerprint density at radius 1 is 0.929 bits per heavy atom. The maximum Gasteiger partial charge on any atom is 0.329 e. The lowest BCUT2D eigenvalue weighted by molar-refractivity contribution is -0.384.